The Labute approximate surface area is 274 Å². The van der Waals surface area contributed by atoms with Gasteiger partial charge < -0.3 is 28.4 Å². The first-order chi connectivity index (χ1) is 20.8. The fraction of sp³-hybridized carbons (Fsp3) is 0.667. The molecule has 2 aliphatic carbocycles. The van der Waals surface area contributed by atoms with Crippen molar-refractivity contribution in [2.75, 3.05) is 14.2 Å². The normalized spacial score (nSPS) is 25.0. The Hall–Kier alpha value is -3.56. The van der Waals surface area contributed by atoms with E-state index in [4.69, 9.17) is 28.4 Å². The number of carbonyl (C=O) groups excluding carboxylic acids is 4. The summed E-state index contributed by atoms with van der Waals surface area (Å²) in [5.41, 5.74) is -7.92. The van der Waals surface area contributed by atoms with Crippen molar-refractivity contribution in [3.63, 3.8) is 0 Å². The molecule has 0 fully saturated rings. The fourth-order valence-corrected chi connectivity index (χ4v) is 6.37. The van der Waals surface area contributed by atoms with Crippen molar-refractivity contribution in [1.29, 1.82) is 0 Å². The molecule has 0 aromatic rings. The van der Waals surface area contributed by atoms with Gasteiger partial charge in [0.1, 0.15) is 44.8 Å². The molecule has 4 unspecified atom stereocenters. The van der Waals surface area contributed by atoms with E-state index in [2.05, 4.69) is 13.2 Å². The number of fused-ring (bicyclic) bond motifs is 1. The van der Waals surface area contributed by atoms with Crippen LogP contribution in [0.2, 0.25) is 0 Å². The topological polar surface area (TPSA) is 124 Å². The Morgan fingerprint density at radius 2 is 0.826 bits per heavy atom. The van der Waals surface area contributed by atoms with Gasteiger partial charge >= 0.3 is 23.9 Å². The number of hydrogen-bond donors (Lipinski definition) is 0. The predicted octanol–water partition coefficient (Wildman–Crippen LogP) is 6.54. The molecule has 0 spiro atoms. The van der Waals surface area contributed by atoms with Gasteiger partial charge in [0.25, 0.3) is 0 Å². The smallest absolute Gasteiger partial charge is 0.338 e. The monoisotopic (exact) mass is 646 g/mol. The minimum Gasteiger partial charge on any atom is -0.499 e. The highest BCUT2D eigenvalue weighted by Crippen LogP contribution is 2.69. The van der Waals surface area contributed by atoms with Crippen LogP contribution in [-0.2, 0) is 47.6 Å². The lowest BCUT2D eigenvalue weighted by molar-refractivity contribution is -0.175. The highest BCUT2D eigenvalue weighted by Gasteiger charge is 2.76. The summed E-state index contributed by atoms with van der Waals surface area (Å²) >= 11 is 0. The molecule has 0 saturated carbocycles. The predicted molar refractivity (Wildman–Crippen MR) is 173 cm³/mol. The lowest BCUT2D eigenvalue weighted by atomic mass is 9.65. The summed E-state index contributed by atoms with van der Waals surface area (Å²) in [4.78, 5) is 58.1. The minimum atomic E-state index is -1.87. The molecule has 4 atom stereocenters. The quantitative estimate of drug-likeness (QED) is 0.147. The van der Waals surface area contributed by atoms with Crippen LogP contribution in [-0.4, -0.2) is 60.5 Å². The van der Waals surface area contributed by atoms with Crippen molar-refractivity contribution in [2.45, 2.75) is 118 Å². The Balaban J connectivity index is 3.34. The molecule has 0 aromatic heterocycles. The third-order valence-corrected chi connectivity index (χ3v) is 7.42. The highest BCUT2D eigenvalue weighted by molar-refractivity contribution is 6.03. The third kappa shape index (κ3) is 7.36. The average Bonchev–Trinajstić information content (AvgIpc) is 3.29. The Bertz CT molecular complexity index is 1220. The van der Waals surface area contributed by atoms with Crippen LogP contribution in [0.3, 0.4) is 0 Å². The number of ether oxygens (including phenoxy) is 6. The summed E-state index contributed by atoms with van der Waals surface area (Å²) in [6, 6.07) is 0. The van der Waals surface area contributed by atoms with Gasteiger partial charge in [-0.15, -0.1) is 13.2 Å². The number of hydrogen-bond acceptors (Lipinski definition) is 10. The number of carbonyl (C=O) groups is 4. The minimum absolute atomic E-state index is 0.0980. The van der Waals surface area contributed by atoms with Crippen LogP contribution >= 0.6 is 0 Å². The van der Waals surface area contributed by atoms with Gasteiger partial charge in [0.15, 0.2) is 0 Å². The number of esters is 4. The van der Waals surface area contributed by atoms with E-state index in [-0.39, 0.29) is 35.5 Å². The van der Waals surface area contributed by atoms with Crippen LogP contribution < -0.4 is 0 Å². The second-order valence-electron chi connectivity index (χ2n) is 15.8. The van der Waals surface area contributed by atoms with E-state index in [0.717, 1.165) is 0 Å². The summed E-state index contributed by atoms with van der Waals surface area (Å²) in [5.74, 6) is -6.00. The van der Waals surface area contributed by atoms with Crippen LogP contribution in [0.1, 0.15) is 95.9 Å². The standard InChI is InChI=1S/C36H54O10/c1-17-19-35(29(39)45-33(9,10)11)23-21(27(37)43-31(3,4)5)26(42-16)36(20-18-2,30(40)46-34(12,13)14)24(23)22(25(35)41-15)28(38)44-32(6,7)8/h17-18,23-24H,1-2,19-20H2,3-16H3. The Kier molecular flexibility index (Phi) is 10.8. The van der Waals surface area contributed by atoms with Crippen molar-refractivity contribution in [3.8, 4) is 0 Å². The van der Waals surface area contributed by atoms with E-state index >= 15 is 0 Å². The number of rotatable bonds is 10. The van der Waals surface area contributed by atoms with Gasteiger partial charge in [-0.2, -0.15) is 0 Å². The van der Waals surface area contributed by atoms with Crippen molar-refractivity contribution in [1.82, 2.24) is 0 Å². The Morgan fingerprint density at radius 3 is 1.02 bits per heavy atom. The molecule has 0 amide bonds. The molecule has 10 heteroatoms. The SMILES string of the molecule is C=CCC1(C(=O)OC(C)(C)C)C(OC)=C(C(=O)OC(C)(C)C)C2C1C(C(=O)OC(C)(C)C)=C(OC)C2(CC=C)C(=O)OC(C)(C)C. The Morgan fingerprint density at radius 1 is 0.565 bits per heavy atom. The molecule has 46 heavy (non-hydrogen) atoms. The molecule has 0 aliphatic heterocycles. The lowest BCUT2D eigenvalue weighted by Gasteiger charge is -2.39. The molecular weight excluding hydrogens is 592 g/mol. The fourth-order valence-electron chi connectivity index (χ4n) is 6.37. The molecule has 10 nitrogen and oxygen atoms in total. The zero-order valence-electron chi connectivity index (χ0n) is 30.2. The van der Waals surface area contributed by atoms with E-state index in [1.165, 1.54) is 26.4 Å². The summed E-state index contributed by atoms with van der Waals surface area (Å²) in [6.45, 7) is 28.2. The maximum atomic E-state index is 14.7. The maximum absolute atomic E-state index is 14.7. The van der Waals surface area contributed by atoms with Crippen LogP contribution in [0.5, 0.6) is 0 Å². The summed E-state index contributed by atoms with van der Waals surface area (Å²) in [6.07, 6.45) is 2.69. The van der Waals surface area contributed by atoms with Crippen molar-refractivity contribution < 1.29 is 47.6 Å². The zero-order valence-corrected chi connectivity index (χ0v) is 30.2. The molecule has 258 valence electrons. The second-order valence-corrected chi connectivity index (χ2v) is 15.8. The van der Waals surface area contributed by atoms with Crippen molar-refractivity contribution >= 4 is 23.9 Å². The number of allylic oxidation sites excluding steroid dienone is 2. The molecule has 0 aromatic carbocycles. The van der Waals surface area contributed by atoms with Gasteiger partial charge in [-0.05, 0) is 95.9 Å². The van der Waals surface area contributed by atoms with Gasteiger partial charge in [0.05, 0.1) is 25.4 Å². The van der Waals surface area contributed by atoms with Gasteiger partial charge in [-0.3, -0.25) is 9.59 Å². The molecular formula is C36H54O10. The van der Waals surface area contributed by atoms with Crippen LogP contribution in [0, 0.1) is 22.7 Å². The molecule has 0 saturated heterocycles. The summed E-state index contributed by atoms with van der Waals surface area (Å²) in [5, 5.41) is 0. The van der Waals surface area contributed by atoms with Gasteiger partial charge in [-0.1, -0.05) is 12.2 Å². The van der Waals surface area contributed by atoms with Crippen LogP contribution in [0.25, 0.3) is 0 Å². The van der Waals surface area contributed by atoms with Crippen LogP contribution in [0.4, 0.5) is 0 Å². The molecule has 2 rings (SSSR count). The van der Waals surface area contributed by atoms with E-state index in [1.807, 2.05) is 0 Å². The van der Waals surface area contributed by atoms with E-state index in [1.54, 1.807) is 83.1 Å². The third-order valence-electron chi connectivity index (χ3n) is 7.42. The van der Waals surface area contributed by atoms with Gasteiger partial charge in [0.2, 0.25) is 0 Å². The van der Waals surface area contributed by atoms with Gasteiger partial charge in [0, 0.05) is 11.8 Å². The molecule has 0 bridgehead atoms. The molecule has 0 radical (unpaired) electrons. The summed E-state index contributed by atoms with van der Waals surface area (Å²) in [7, 11) is 2.64. The first-order valence-electron chi connectivity index (χ1n) is 15.5. The molecule has 0 heterocycles. The first kappa shape index (κ1) is 38.6. The lowest BCUT2D eigenvalue weighted by Crippen LogP contribution is -2.48. The zero-order chi connectivity index (χ0) is 35.8. The van der Waals surface area contributed by atoms with Gasteiger partial charge in [-0.25, -0.2) is 9.59 Å². The first-order valence-corrected chi connectivity index (χ1v) is 15.5. The van der Waals surface area contributed by atoms with E-state index < -0.39 is 68.9 Å². The largest absolute Gasteiger partial charge is 0.499 e. The van der Waals surface area contributed by atoms with Crippen molar-refractivity contribution in [3.05, 3.63) is 48.0 Å². The van der Waals surface area contributed by atoms with E-state index in [0.29, 0.717) is 0 Å². The molecule has 0 N–H and O–H groups in total. The maximum Gasteiger partial charge on any atom is 0.338 e. The van der Waals surface area contributed by atoms with Crippen molar-refractivity contribution in [2.24, 2.45) is 22.7 Å². The summed E-state index contributed by atoms with van der Waals surface area (Å²) < 4.78 is 35.8. The van der Waals surface area contributed by atoms with E-state index in [9.17, 15) is 19.2 Å². The molecule has 2 aliphatic rings. The number of methoxy groups -OCH3 is 2. The second kappa shape index (κ2) is 12.9. The average molecular weight is 647 g/mol. The highest BCUT2D eigenvalue weighted by atomic mass is 16.6. The van der Waals surface area contributed by atoms with Crippen LogP contribution in [0.15, 0.2) is 48.0 Å².